The minimum absolute atomic E-state index is 0.232. The average Bonchev–Trinajstić information content (AvgIpc) is 2.46. The first-order chi connectivity index (χ1) is 10.0. The van der Waals surface area contributed by atoms with Crippen LogP contribution >= 0.6 is 0 Å². The van der Waals surface area contributed by atoms with Crippen LogP contribution in [0.5, 0.6) is 0 Å². The van der Waals surface area contributed by atoms with Gasteiger partial charge in [-0.25, -0.2) is 0 Å². The second-order valence-corrected chi connectivity index (χ2v) is 5.86. The van der Waals surface area contributed by atoms with E-state index in [9.17, 15) is 0 Å². The maximum absolute atomic E-state index is 5.50. The summed E-state index contributed by atoms with van der Waals surface area (Å²) in [6.45, 7) is 8.46. The van der Waals surface area contributed by atoms with E-state index in [-0.39, 0.29) is 6.04 Å². The predicted molar refractivity (Wildman–Crippen MR) is 92.4 cm³/mol. The lowest BCUT2D eigenvalue weighted by atomic mass is 9.97. The summed E-state index contributed by atoms with van der Waals surface area (Å²) in [5.74, 6) is 6.03. The molecule has 0 radical (unpaired) electrons. The molecule has 2 N–H and O–H groups in total. The fraction of sp³-hybridized carbons (Fsp3) is 0.333. The third-order valence-electron chi connectivity index (χ3n) is 3.46. The molecule has 0 aliphatic heterocycles. The van der Waals surface area contributed by atoms with Crippen LogP contribution < -0.4 is 5.84 Å². The average molecular weight is 281 g/mol. The molecule has 0 aromatic heterocycles. The molecule has 0 atom stereocenters. The molecule has 0 heterocycles. The van der Waals surface area contributed by atoms with E-state index in [1.165, 1.54) is 16.3 Å². The Labute approximate surface area is 126 Å². The van der Waals surface area contributed by atoms with Crippen molar-refractivity contribution < 1.29 is 0 Å². The third-order valence-corrected chi connectivity index (χ3v) is 3.46. The molecule has 0 unspecified atom stereocenters. The van der Waals surface area contributed by atoms with E-state index in [4.69, 9.17) is 5.84 Å². The number of hydrogen-bond acceptors (Lipinski definition) is 3. The van der Waals surface area contributed by atoms with Crippen molar-refractivity contribution in [3.63, 3.8) is 0 Å². The van der Waals surface area contributed by atoms with Crippen molar-refractivity contribution >= 4 is 22.7 Å². The summed E-state index contributed by atoms with van der Waals surface area (Å²) in [6.07, 6.45) is 1.74. The van der Waals surface area contributed by atoms with Gasteiger partial charge in [0.2, 0.25) is 0 Å². The van der Waals surface area contributed by atoms with Crippen LogP contribution in [0.4, 0.5) is 0 Å². The number of fused-ring (bicyclic) bond motifs is 1. The largest absolute Gasteiger partial charge is 0.323 e. The van der Waals surface area contributed by atoms with Gasteiger partial charge in [-0.3, -0.25) is 4.99 Å². The molecule has 2 rings (SSSR count). The second kappa shape index (κ2) is 6.53. The Morgan fingerprint density at radius 3 is 2.29 bits per heavy atom. The Morgan fingerprint density at radius 2 is 1.67 bits per heavy atom. The first kappa shape index (κ1) is 15.2. The van der Waals surface area contributed by atoms with Crippen molar-refractivity contribution in [3.05, 3.63) is 47.5 Å². The molecule has 0 saturated carbocycles. The molecule has 2 aromatic carbocycles. The highest BCUT2D eigenvalue weighted by Crippen LogP contribution is 2.22. The van der Waals surface area contributed by atoms with Crippen LogP contribution in [0.2, 0.25) is 0 Å². The highest BCUT2D eigenvalue weighted by atomic mass is 15.1. The SMILES string of the molecule is CC(C)N=C/C(=N\N)c1ccc2cc(C(C)C)ccc2c1. The van der Waals surface area contributed by atoms with Crippen LogP contribution in [-0.2, 0) is 0 Å². The molecule has 0 aliphatic carbocycles. The molecule has 0 amide bonds. The Bertz CT molecular complexity index is 682. The molecule has 2 aromatic rings. The van der Waals surface area contributed by atoms with Crippen LogP contribution in [0, 0.1) is 0 Å². The molecule has 0 fully saturated rings. The number of hydrazone groups is 1. The predicted octanol–water partition coefficient (Wildman–Crippen LogP) is 4.11. The lowest BCUT2D eigenvalue weighted by Crippen LogP contribution is -2.07. The fourth-order valence-electron chi connectivity index (χ4n) is 2.18. The van der Waals surface area contributed by atoms with Crippen molar-refractivity contribution in [2.24, 2.45) is 15.9 Å². The minimum atomic E-state index is 0.232. The smallest absolute Gasteiger partial charge is 0.108 e. The van der Waals surface area contributed by atoms with E-state index in [2.05, 4.69) is 54.3 Å². The van der Waals surface area contributed by atoms with Crippen molar-refractivity contribution in [2.75, 3.05) is 0 Å². The van der Waals surface area contributed by atoms with Crippen LogP contribution in [0.1, 0.15) is 44.7 Å². The van der Waals surface area contributed by atoms with Gasteiger partial charge in [0, 0.05) is 17.8 Å². The molecule has 0 bridgehead atoms. The number of benzene rings is 2. The first-order valence-corrected chi connectivity index (χ1v) is 7.36. The fourth-order valence-corrected chi connectivity index (χ4v) is 2.18. The van der Waals surface area contributed by atoms with Gasteiger partial charge in [0.1, 0.15) is 5.71 Å². The lowest BCUT2D eigenvalue weighted by molar-refractivity contribution is 0.842. The van der Waals surface area contributed by atoms with Gasteiger partial charge >= 0.3 is 0 Å². The number of hydrogen-bond donors (Lipinski definition) is 1. The zero-order valence-electron chi connectivity index (χ0n) is 13.2. The zero-order valence-corrected chi connectivity index (χ0v) is 13.2. The van der Waals surface area contributed by atoms with Crippen molar-refractivity contribution in [2.45, 2.75) is 39.7 Å². The summed E-state index contributed by atoms with van der Waals surface area (Å²) < 4.78 is 0. The van der Waals surface area contributed by atoms with Crippen LogP contribution in [-0.4, -0.2) is 18.0 Å². The second-order valence-electron chi connectivity index (χ2n) is 5.86. The molecule has 0 spiro atoms. The summed E-state index contributed by atoms with van der Waals surface area (Å²) in [5.41, 5.74) is 3.05. The van der Waals surface area contributed by atoms with Crippen molar-refractivity contribution in [1.82, 2.24) is 0 Å². The number of nitrogens with two attached hydrogens (primary N) is 1. The minimum Gasteiger partial charge on any atom is -0.323 e. The van der Waals surface area contributed by atoms with E-state index >= 15 is 0 Å². The molecule has 3 heteroatoms. The van der Waals surface area contributed by atoms with Gasteiger partial charge in [0.15, 0.2) is 0 Å². The van der Waals surface area contributed by atoms with E-state index in [1.807, 2.05) is 19.9 Å². The van der Waals surface area contributed by atoms with Crippen LogP contribution in [0.25, 0.3) is 10.8 Å². The monoisotopic (exact) mass is 281 g/mol. The Kier molecular flexibility index (Phi) is 4.73. The van der Waals surface area contributed by atoms with Gasteiger partial charge < -0.3 is 5.84 Å². The first-order valence-electron chi connectivity index (χ1n) is 7.36. The third kappa shape index (κ3) is 3.69. The Hall–Kier alpha value is -2.16. The van der Waals surface area contributed by atoms with E-state index in [1.54, 1.807) is 6.21 Å². The molecular formula is C18H23N3. The summed E-state index contributed by atoms with van der Waals surface area (Å²) in [4.78, 5) is 4.35. The van der Waals surface area contributed by atoms with Gasteiger partial charge in [-0.2, -0.15) is 5.10 Å². The maximum Gasteiger partial charge on any atom is 0.108 e. The normalized spacial score (nSPS) is 13.0. The molecule has 0 saturated heterocycles. The topological polar surface area (TPSA) is 50.7 Å². The highest BCUT2D eigenvalue weighted by molar-refractivity contribution is 6.38. The molecule has 3 nitrogen and oxygen atoms in total. The van der Waals surface area contributed by atoms with Gasteiger partial charge in [0.25, 0.3) is 0 Å². The van der Waals surface area contributed by atoms with Crippen LogP contribution in [0.15, 0.2) is 46.5 Å². The van der Waals surface area contributed by atoms with Crippen LogP contribution in [0.3, 0.4) is 0 Å². The Balaban J connectivity index is 2.41. The molecule has 0 aliphatic rings. The van der Waals surface area contributed by atoms with E-state index in [0.717, 1.165) is 5.56 Å². The summed E-state index contributed by atoms with van der Waals surface area (Å²) >= 11 is 0. The highest BCUT2D eigenvalue weighted by Gasteiger charge is 2.05. The van der Waals surface area contributed by atoms with Crippen molar-refractivity contribution in [1.29, 1.82) is 0 Å². The zero-order chi connectivity index (χ0) is 15.4. The van der Waals surface area contributed by atoms with Gasteiger partial charge in [-0.15, -0.1) is 0 Å². The molecule has 110 valence electrons. The summed E-state index contributed by atoms with van der Waals surface area (Å²) in [5, 5.41) is 6.28. The standard InChI is InChI=1S/C18H23N3/c1-12(2)14-5-6-16-10-17(8-7-15(16)9-14)18(21-19)11-20-13(3)4/h5-13H,19H2,1-4H3/b20-11?,21-18+. The molecular weight excluding hydrogens is 258 g/mol. The Morgan fingerprint density at radius 1 is 1.00 bits per heavy atom. The lowest BCUT2D eigenvalue weighted by Gasteiger charge is -2.08. The number of nitrogens with zero attached hydrogens (tertiary/aromatic N) is 2. The molecule has 21 heavy (non-hydrogen) atoms. The van der Waals surface area contributed by atoms with E-state index in [0.29, 0.717) is 11.6 Å². The summed E-state index contributed by atoms with van der Waals surface area (Å²) in [7, 11) is 0. The van der Waals surface area contributed by atoms with Crippen molar-refractivity contribution in [3.8, 4) is 0 Å². The number of rotatable bonds is 4. The quantitative estimate of drug-likeness (QED) is 0.512. The van der Waals surface area contributed by atoms with E-state index < -0.39 is 0 Å². The van der Waals surface area contributed by atoms with Gasteiger partial charge in [0.05, 0.1) is 0 Å². The number of aliphatic imine (C=N–C) groups is 1. The summed E-state index contributed by atoms with van der Waals surface area (Å²) in [6, 6.07) is 13.1. The van der Waals surface area contributed by atoms with Gasteiger partial charge in [-0.05, 0) is 42.2 Å². The van der Waals surface area contributed by atoms with Gasteiger partial charge in [-0.1, -0.05) is 44.2 Å². The maximum atomic E-state index is 5.50.